The minimum absolute atomic E-state index is 0.0956. The maximum atomic E-state index is 13.0. The number of carbonyl (C=O) groups is 3. The first-order chi connectivity index (χ1) is 15.0. The van der Waals surface area contributed by atoms with E-state index >= 15 is 0 Å². The number of nitrogens with zero attached hydrogens (tertiary/aromatic N) is 1. The Morgan fingerprint density at radius 2 is 1.74 bits per heavy atom. The molecule has 0 saturated heterocycles. The number of amides is 2. The summed E-state index contributed by atoms with van der Waals surface area (Å²) in [6.45, 7) is 0. The van der Waals surface area contributed by atoms with Crippen molar-refractivity contribution in [2.45, 2.75) is 38.1 Å². The molecular formula is C24H25N3O4. The number of hydrogen-bond acceptors (Lipinski definition) is 4. The van der Waals surface area contributed by atoms with Crippen molar-refractivity contribution in [2.24, 2.45) is 0 Å². The van der Waals surface area contributed by atoms with Crippen molar-refractivity contribution in [3.8, 4) is 0 Å². The van der Waals surface area contributed by atoms with E-state index in [-0.39, 0.29) is 18.2 Å². The standard InChI is InChI=1S/C24H25N3O4/c28-22(29)12-6-2-5-11-21(27-23(30)17-8-3-1-4-9-17)24(31)26-19-13-14-20-18(16-19)10-7-15-25-20/h1,3-4,7-10,13-16,21H,2,5-6,11-12H2,(H,26,31)(H,27,30)(H,28,29). The van der Waals surface area contributed by atoms with Crippen molar-refractivity contribution < 1.29 is 19.5 Å². The Bertz CT molecular complexity index is 1050. The predicted molar refractivity (Wildman–Crippen MR) is 119 cm³/mol. The summed E-state index contributed by atoms with van der Waals surface area (Å²) in [5, 5.41) is 15.4. The molecule has 31 heavy (non-hydrogen) atoms. The van der Waals surface area contributed by atoms with Gasteiger partial charge in [-0.3, -0.25) is 19.4 Å². The second kappa shape index (κ2) is 10.9. The normalized spacial score (nSPS) is 11.6. The summed E-state index contributed by atoms with van der Waals surface area (Å²) in [6, 6.07) is 17.2. The summed E-state index contributed by atoms with van der Waals surface area (Å²) < 4.78 is 0. The van der Waals surface area contributed by atoms with E-state index in [1.54, 1.807) is 36.5 Å². The second-order valence-electron chi connectivity index (χ2n) is 7.29. The molecule has 7 heteroatoms. The average Bonchev–Trinajstić information content (AvgIpc) is 2.78. The molecule has 0 radical (unpaired) electrons. The molecule has 0 spiro atoms. The lowest BCUT2D eigenvalue weighted by Crippen LogP contribution is -2.43. The van der Waals surface area contributed by atoms with Gasteiger partial charge in [0, 0.05) is 29.3 Å². The first kappa shape index (κ1) is 22.0. The number of unbranched alkanes of at least 4 members (excludes halogenated alkanes) is 2. The van der Waals surface area contributed by atoms with Crippen molar-refractivity contribution in [2.75, 3.05) is 5.32 Å². The monoisotopic (exact) mass is 419 g/mol. The van der Waals surface area contributed by atoms with E-state index in [2.05, 4.69) is 15.6 Å². The van der Waals surface area contributed by atoms with Gasteiger partial charge < -0.3 is 15.7 Å². The number of aromatic nitrogens is 1. The topological polar surface area (TPSA) is 108 Å². The molecule has 3 rings (SSSR count). The van der Waals surface area contributed by atoms with Gasteiger partial charge in [-0.1, -0.05) is 37.1 Å². The van der Waals surface area contributed by atoms with Gasteiger partial charge in [0.2, 0.25) is 5.91 Å². The third-order valence-electron chi connectivity index (χ3n) is 4.91. The lowest BCUT2D eigenvalue weighted by Gasteiger charge is -2.19. The van der Waals surface area contributed by atoms with Crippen molar-refractivity contribution >= 4 is 34.4 Å². The van der Waals surface area contributed by atoms with Crippen LogP contribution in [0.2, 0.25) is 0 Å². The molecular weight excluding hydrogens is 394 g/mol. The van der Waals surface area contributed by atoms with Crippen LogP contribution in [0.15, 0.2) is 66.9 Å². The Kier molecular flexibility index (Phi) is 7.70. The van der Waals surface area contributed by atoms with Gasteiger partial charge in [-0.2, -0.15) is 0 Å². The highest BCUT2D eigenvalue weighted by molar-refractivity contribution is 6.01. The minimum Gasteiger partial charge on any atom is -0.481 e. The number of pyridine rings is 1. The van der Waals surface area contributed by atoms with Gasteiger partial charge in [0.15, 0.2) is 0 Å². The molecule has 1 unspecified atom stereocenters. The van der Waals surface area contributed by atoms with E-state index in [4.69, 9.17) is 5.11 Å². The van der Waals surface area contributed by atoms with Gasteiger partial charge in [0.05, 0.1) is 5.52 Å². The summed E-state index contributed by atoms with van der Waals surface area (Å²) in [5.41, 5.74) is 1.92. The first-order valence-corrected chi connectivity index (χ1v) is 10.3. The number of rotatable bonds is 10. The van der Waals surface area contributed by atoms with Gasteiger partial charge in [-0.15, -0.1) is 0 Å². The van der Waals surface area contributed by atoms with Crippen molar-refractivity contribution in [3.63, 3.8) is 0 Å². The number of hydrogen-bond donors (Lipinski definition) is 3. The zero-order chi connectivity index (χ0) is 22.1. The molecule has 0 saturated carbocycles. The zero-order valence-corrected chi connectivity index (χ0v) is 17.1. The molecule has 2 aromatic carbocycles. The Balaban J connectivity index is 1.67. The number of anilines is 1. The molecule has 3 N–H and O–H groups in total. The van der Waals surface area contributed by atoms with Crippen molar-refractivity contribution in [1.82, 2.24) is 10.3 Å². The fourth-order valence-electron chi connectivity index (χ4n) is 3.28. The van der Waals surface area contributed by atoms with E-state index in [0.29, 0.717) is 36.9 Å². The summed E-state index contributed by atoms with van der Waals surface area (Å²) in [7, 11) is 0. The van der Waals surface area contributed by atoms with Crippen LogP contribution in [-0.4, -0.2) is 33.9 Å². The van der Waals surface area contributed by atoms with E-state index in [9.17, 15) is 14.4 Å². The molecule has 3 aromatic rings. The van der Waals surface area contributed by atoms with Gasteiger partial charge in [-0.25, -0.2) is 0 Å². The molecule has 0 aliphatic heterocycles. The summed E-state index contributed by atoms with van der Waals surface area (Å²) in [5.74, 6) is -1.47. The smallest absolute Gasteiger partial charge is 0.303 e. The van der Waals surface area contributed by atoms with E-state index in [0.717, 1.165) is 10.9 Å². The summed E-state index contributed by atoms with van der Waals surface area (Å²) in [4.78, 5) is 40.5. The van der Waals surface area contributed by atoms with Gasteiger partial charge in [0.1, 0.15) is 6.04 Å². The average molecular weight is 419 g/mol. The zero-order valence-electron chi connectivity index (χ0n) is 17.1. The maximum Gasteiger partial charge on any atom is 0.303 e. The molecule has 1 aromatic heterocycles. The van der Waals surface area contributed by atoms with Crippen LogP contribution in [0.25, 0.3) is 10.9 Å². The highest BCUT2D eigenvalue weighted by Crippen LogP contribution is 2.18. The number of fused-ring (bicyclic) bond motifs is 1. The van der Waals surface area contributed by atoms with Crippen molar-refractivity contribution in [1.29, 1.82) is 0 Å². The number of aliphatic carboxylic acids is 1. The number of nitrogens with one attached hydrogen (secondary N) is 2. The molecule has 0 fully saturated rings. The molecule has 2 amide bonds. The minimum atomic E-state index is -0.836. The van der Waals surface area contributed by atoms with Crippen LogP contribution in [0.1, 0.15) is 42.5 Å². The molecule has 160 valence electrons. The molecule has 1 heterocycles. The molecule has 0 bridgehead atoms. The molecule has 0 aliphatic carbocycles. The number of benzene rings is 2. The largest absolute Gasteiger partial charge is 0.481 e. The Morgan fingerprint density at radius 3 is 2.52 bits per heavy atom. The fourth-order valence-corrected chi connectivity index (χ4v) is 3.28. The second-order valence-corrected chi connectivity index (χ2v) is 7.29. The van der Waals surface area contributed by atoms with Crippen LogP contribution >= 0.6 is 0 Å². The molecule has 1 atom stereocenters. The van der Waals surface area contributed by atoms with Gasteiger partial charge in [0.25, 0.3) is 5.91 Å². The van der Waals surface area contributed by atoms with Gasteiger partial charge >= 0.3 is 5.97 Å². The van der Waals surface area contributed by atoms with Crippen LogP contribution in [-0.2, 0) is 9.59 Å². The lowest BCUT2D eigenvalue weighted by atomic mass is 10.1. The molecule has 0 aliphatic rings. The SMILES string of the molecule is O=C(O)CCCCCC(NC(=O)c1ccccc1)C(=O)Nc1ccc2ncccc2c1. The Morgan fingerprint density at radius 1 is 0.935 bits per heavy atom. The first-order valence-electron chi connectivity index (χ1n) is 10.3. The van der Waals surface area contributed by atoms with E-state index in [1.807, 2.05) is 30.3 Å². The highest BCUT2D eigenvalue weighted by atomic mass is 16.4. The number of carboxylic acids is 1. The summed E-state index contributed by atoms with van der Waals surface area (Å²) >= 11 is 0. The number of carbonyl (C=O) groups excluding carboxylic acids is 2. The predicted octanol–water partition coefficient (Wildman–Crippen LogP) is 4.01. The van der Waals surface area contributed by atoms with Gasteiger partial charge in [-0.05, 0) is 49.2 Å². The van der Waals surface area contributed by atoms with Crippen LogP contribution in [0.5, 0.6) is 0 Å². The lowest BCUT2D eigenvalue weighted by molar-refractivity contribution is -0.137. The van der Waals surface area contributed by atoms with Crippen LogP contribution in [0.4, 0.5) is 5.69 Å². The van der Waals surface area contributed by atoms with Crippen LogP contribution < -0.4 is 10.6 Å². The third-order valence-corrected chi connectivity index (χ3v) is 4.91. The quantitative estimate of drug-likeness (QED) is 0.430. The third kappa shape index (κ3) is 6.64. The summed E-state index contributed by atoms with van der Waals surface area (Å²) in [6.07, 6.45) is 4.05. The van der Waals surface area contributed by atoms with Crippen molar-refractivity contribution in [3.05, 3.63) is 72.4 Å². The Hall–Kier alpha value is -3.74. The number of carboxylic acid groups (broad SMARTS) is 1. The fraction of sp³-hybridized carbons (Fsp3) is 0.250. The van der Waals surface area contributed by atoms with E-state index in [1.165, 1.54) is 0 Å². The maximum absolute atomic E-state index is 13.0. The van der Waals surface area contributed by atoms with Crippen LogP contribution in [0, 0.1) is 0 Å². The molecule has 7 nitrogen and oxygen atoms in total. The van der Waals surface area contributed by atoms with Crippen LogP contribution in [0.3, 0.4) is 0 Å². The highest BCUT2D eigenvalue weighted by Gasteiger charge is 2.21. The van der Waals surface area contributed by atoms with E-state index < -0.39 is 12.0 Å². The Labute approximate surface area is 180 Å².